The monoisotopic (exact) mass is 424 g/mol. The Kier molecular flexibility index (Phi) is 6.16. The fraction of sp³-hybridized carbons (Fsp3) is 0.348. The zero-order chi connectivity index (χ0) is 21.8. The topological polar surface area (TPSA) is 71.7 Å². The number of amides is 1. The number of piperidine rings is 1. The van der Waals surface area contributed by atoms with E-state index in [4.69, 9.17) is 9.26 Å². The Balaban J connectivity index is 1.49. The molecule has 0 N–H and O–H groups in total. The van der Waals surface area contributed by atoms with Crippen LogP contribution in [0.4, 0.5) is 16.1 Å². The fourth-order valence-electron chi connectivity index (χ4n) is 3.89. The number of anilines is 2. The Morgan fingerprint density at radius 1 is 1.26 bits per heavy atom. The third-order valence-electron chi connectivity index (χ3n) is 5.53. The number of benzene rings is 2. The smallest absolute Gasteiger partial charge is 0.324 e. The van der Waals surface area contributed by atoms with Crippen molar-refractivity contribution in [1.82, 2.24) is 10.1 Å². The second-order valence-corrected chi connectivity index (χ2v) is 7.45. The summed E-state index contributed by atoms with van der Waals surface area (Å²) in [4.78, 5) is 21.2. The molecule has 8 heteroatoms. The van der Waals surface area contributed by atoms with Crippen molar-refractivity contribution in [2.24, 2.45) is 5.92 Å². The van der Waals surface area contributed by atoms with Crippen molar-refractivity contribution < 1.29 is 18.4 Å². The number of halogens is 1. The average Bonchev–Trinajstić information content (AvgIpc) is 3.31. The van der Waals surface area contributed by atoms with Crippen molar-refractivity contribution in [3.8, 4) is 17.1 Å². The van der Waals surface area contributed by atoms with Gasteiger partial charge in [0.2, 0.25) is 11.7 Å². The molecule has 1 aliphatic heterocycles. The minimum absolute atomic E-state index is 0.0906. The number of hydrogen-bond donors (Lipinski definition) is 0. The van der Waals surface area contributed by atoms with Gasteiger partial charge in [-0.1, -0.05) is 17.3 Å². The zero-order valence-electron chi connectivity index (χ0n) is 17.6. The Labute approximate surface area is 180 Å². The molecule has 0 spiro atoms. The van der Waals surface area contributed by atoms with E-state index in [2.05, 4.69) is 10.1 Å². The molecular weight excluding hydrogens is 399 g/mol. The molecule has 0 radical (unpaired) electrons. The van der Waals surface area contributed by atoms with Gasteiger partial charge in [-0.3, -0.25) is 4.79 Å². The van der Waals surface area contributed by atoms with E-state index in [1.54, 1.807) is 25.3 Å². The van der Waals surface area contributed by atoms with Gasteiger partial charge in [-0.05, 0) is 56.2 Å². The molecule has 162 valence electrons. The number of ether oxygens (including phenoxy) is 1. The minimum atomic E-state index is -0.397. The summed E-state index contributed by atoms with van der Waals surface area (Å²) >= 11 is 0. The largest absolute Gasteiger partial charge is 0.497 e. The van der Waals surface area contributed by atoms with Crippen LogP contribution in [0.2, 0.25) is 0 Å². The number of nitrogens with zero attached hydrogens (tertiary/aromatic N) is 4. The van der Waals surface area contributed by atoms with Crippen LogP contribution in [0.25, 0.3) is 11.4 Å². The summed E-state index contributed by atoms with van der Waals surface area (Å²) in [5.41, 5.74) is 1.13. The van der Waals surface area contributed by atoms with Crippen molar-refractivity contribution in [1.29, 1.82) is 0 Å². The highest BCUT2D eigenvalue weighted by molar-refractivity contribution is 5.95. The minimum Gasteiger partial charge on any atom is -0.497 e. The molecule has 4 rings (SSSR count). The van der Waals surface area contributed by atoms with Crippen molar-refractivity contribution >= 4 is 17.6 Å². The Hall–Kier alpha value is -3.42. The number of carbonyl (C=O) groups excluding carboxylic acids is 1. The number of hydrogen-bond acceptors (Lipinski definition) is 6. The molecule has 1 amide bonds. The molecule has 2 aromatic carbocycles. The van der Waals surface area contributed by atoms with Gasteiger partial charge in [-0.15, -0.1) is 0 Å². The molecule has 1 aromatic heterocycles. The van der Waals surface area contributed by atoms with Crippen molar-refractivity contribution in [2.75, 3.05) is 36.5 Å². The molecule has 0 unspecified atom stereocenters. The zero-order valence-corrected chi connectivity index (χ0v) is 17.6. The summed E-state index contributed by atoms with van der Waals surface area (Å²) < 4.78 is 24.9. The van der Waals surface area contributed by atoms with Gasteiger partial charge in [0.05, 0.1) is 18.7 Å². The lowest BCUT2D eigenvalue weighted by molar-refractivity contribution is -0.122. The summed E-state index contributed by atoms with van der Waals surface area (Å²) in [6.07, 6.45) is 1.55. The first kappa shape index (κ1) is 20.8. The normalized spacial score (nSPS) is 16.2. The van der Waals surface area contributed by atoms with Crippen molar-refractivity contribution in [3.63, 3.8) is 0 Å². The van der Waals surface area contributed by atoms with E-state index >= 15 is 0 Å². The van der Waals surface area contributed by atoms with Gasteiger partial charge in [-0.25, -0.2) is 4.39 Å². The van der Waals surface area contributed by atoms with Gasteiger partial charge in [0.1, 0.15) is 11.6 Å². The van der Waals surface area contributed by atoms with Crippen LogP contribution >= 0.6 is 0 Å². The third kappa shape index (κ3) is 4.38. The fourth-order valence-corrected chi connectivity index (χ4v) is 3.89. The molecule has 0 saturated carbocycles. The second-order valence-electron chi connectivity index (χ2n) is 7.45. The molecule has 0 aliphatic carbocycles. The number of aromatic nitrogens is 2. The number of carbonyl (C=O) groups is 1. The molecule has 3 aromatic rings. The van der Waals surface area contributed by atoms with Crippen LogP contribution in [-0.4, -0.2) is 42.8 Å². The highest BCUT2D eigenvalue weighted by Gasteiger charge is 2.32. The number of para-hydroxylation sites is 1. The lowest BCUT2D eigenvalue weighted by atomic mass is 9.96. The summed E-state index contributed by atoms with van der Waals surface area (Å²) in [5.74, 6) is 0.469. The van der Waals surface area contributed by atoms with Crippen molar-refractivity contribution in [3.05, 3.63) is 54.3 Å². The van der Waals surface area contributed by atoms with Gasteiger partial charge < -0.3 is 19.1 Å². The second kappa shape index (κ2) is 9.16. The molecule has 2 heterocycles. The molecule has 7 nitrogen and oxygen atoms in total. The summed E-state index contributed by atoms with van der Waals surface area (Å²) in [6, 6.07) is 14.2. The van der Waals surface area contributed by atoms with E-state index in [1.807, 2.05) is 36.1 Å². The molecule has 1 saturated heterocycles. The molecule has 1 aliphatic rings. The molecular formula is C23H25FN4O3. The van der Waals surface area contributed by atoms with Gasteiger partial charge in [0, 0.05) is 25.2 Å². The van der Waals surface area contributed by atoms with E-state index < -0.39 is 5.82 Å². The molecule has 1 atom stereocenters. The standard InChI is InChI=1S/C23H25FN4O3/c1-3-28(20-9-5-4-8-19(20)24)22(29)17-7-6-14-27(15-17)23-25-21(26-31-23)16-10-12-18(30-2)13-11-16/h4-5,8-13,17H,3,6-7,14-15H2,1-2H3/t17-/m0/s1. The summed E-state index contributed by atoms with van der Waals surface area (Å²) in [7, 11) is 1.61. The van der Waals surface area contributed by atoms with Gasteiger partial charge in [-0.2, -0.15) is 4.98 Å². The lowest BCUT2D eigenvalue weighted by Crippen LogP contribution is -2.45. The first-order chi connectivity index (χ1) is 15.1. The lowest BCUT2D eigenvalue weighted by Gasteiger charge is -2.33. The Morgan fingerprint density at radius 3 is 2.74 bits per heavy atom. The van der Waals surface area contributed by atoms with Gasteiger partial charge in [0.15, 0.2) is 0 Å². The predicted molar refractivity (Wildman–Crippen MR) is 116 cm³/mol. The average molecular weight is 424 g/mol. The van der Waals surface area contributed by atoms with Crippen LogP contribution in [0.15, 0.2) is 53.1 Å². The molecule has 0 bridgehead atoms. The number of rotatable bonds is 6. The molecule has 31 heavy (non-hydrogen) atoms. The van der Waals surface area contributed by atoms with Crippen LogP contribution < -0.4 is 14.5 Å². The summed E-state index contributed by atoms with van der Waals surface area (Å²) in [6.45, 7) is 3.43. The Bertz CT molecular complexity index is 1040. The highest BCUT2D eigenvalue weighted by Crippen LogP contribution is 2.28. The number of methoxy groups -OCH3 is 1. The van der Waals surface area contributed by atoms with Gasteiger partial charge >= 0.3 is 6.01 Å². The highest BCUT2D eigenvalue weighted by atomic mass is 19.1. The molecule has 1 fully saturated rings. The first-order valence-corrected chi connectivity index (χ1v) is 10.4. The van der Waals surface area contributed by atoms with E-state index in [0.717, 1.165) is 30.7 Å². The van der Waals surface area contributed by atoms with Crippen LogP contribution in [0.1, 0.15) is 19.8 Å². The quantitative estimate of drug-likeness (QED) is 0.592. The van der Waals surface area contributed by atoms with Crippen molar-refractivity contribution in [2.45, 2.75) is 19.8 Å². The maximum Gasteiger partial charge on any atom is 0.324 e. The van der Waals surface area contributed by atoms with Crippen LogP contribution in [0.3, 0.4) is 0 Å². The SMILES string of the molecule is CCN(C(=O)[C@H]1CCCN(c2nc(-c3ccc(OC)cc3)no2)C1)c1ccccc1F. The van der Waals surface area contributed by atoms with E-state index in [1.165, 1.54) is 11.0 Å². The van der Waals surface area contributed by atoms with Gasteiger partial charge in [0.25, 0.3) is 0 Å². The van der Waals surface area contributed by atoms with Crippen LogP contribution in [0.5, 0.6) is 5.75 Å². The predicted octanol–water partition coefficient (Wildman–Crippen LogP) is 4.15. The van der Waals surface area contributed by atoms with E-state index in [-0.39, 0.29) is 11.8 Å². The third-order valence-corrected chi connectivity index (χ3v) is 5.53. The Morgan fingerprint density at radius 2 is 2.03 bits per heavy atom. The summed E-state index contributed by atoms with van der Waals surface area (Å²) in [5, 5.41) is 4.08. The van der Waals surface area contributed by atoms with Crippen LogP contribution in [-0.2, 0) is 4.79 Å². The van der Waals surface area contributed by atoms with E-state index in [9.17, 15) is 9.18 Å². The maximum atomic E-state index is 14.3. The van der Waals surface area contributed by atoms with E-state index in [0.29, 0.717) is 30.6 Å². The maximum absolute atomic E-state index is 14.3. The van der Waals surface area contributed by atoms with Crippen LogP contribution in [0, 0.1) is 11.7 Å². The first-order valence-electron chi connectivity index (χ1n) is 10.4.